The Labute approximate surface area is 160 Å². The molecule has 0 aromatic heterocycles. The Kier molecular flexibility index (Phi) is 4.78. The molecule has 1 saturated heterocycles. The molecule has 0 amide bonds. The topological polar surface area (TPSA) is 29.5 Å². The second-order valence-corrected chi connectivity index (χ2v) is 7.61. The lowest BCUT2D eigenvalue weighted by molar-refractivity contribution is 0.0242. The molecule has 1 aliphatic heterocycles. The number of morpholine rings is 1. The van der Waals surface area contributed by atoms with Crippen molar-refractivity contribution in [1.29, 1.82) is 0 Å². The van der Waals surface area contributed by atoms with Gasteiger partial charge in [0, 0.05) is 33.7 Å². The fourth-order valence-corrected chi connectivity index (χ4v) is 4.03. The molecule has 0 radical (unpaired) electrons. The van der Waals surface area contributed by atoms with Crippen LogP contribution in [0.5, 0.6) is 0 Å². The minimum atomic E-state index is -0.0282. The van der Waals surface area contributed by atoms with E-state index in [1.165, 1.54) is 0 Å². The number of ketones is 1. The molecule has 0 N–H and O–H groups in total. The highest BCUT2D eigenvalue weighted by atomic mass is 79.9. The van der Waals surface area contributed by atoms with E-state index in [1.54, 1.807) is 0 Å². The van der Waals surface area contributed by atoms with Crippen molar-refractivity contribution in [3.8, 4) is 0 Å². The smallest absolute Gasteiger partial charge is 0.191 e. The van der Waals surface area contributed by atoms with E-state index in [2.05, 4.69) is 26.9 Å². The predicted molar refractivity (Wildman–Crippen MR) is 103 cm³/mol. The zero-order valence-electron chi connectivity index (χ0n) is 13.5. The van der Waals surface area contributed by atoms with Crippen molar-refractivity contribution in [1.82, 2.24) is 4.90 Å². The van der Waals surface area contributed by atoms with Gasteiger partial charge in [-0.1, -0.05) is 39.7 Å². The van der Waals surface area contributed by atoms with Crippen LogP contribution in [-0.4, -0.2) is 37.0 Å². The largest absolute Gasteiger partial charge is 0.379 e. The quantitative estimate of drug-likeness (QED) is 0.659. The van der Waals surface area contributed by atoms with Gasteiger partial charge in [-0.05, 0) is 47.5 Å². The van der Waals surface area contributed by atoms with Gasteiger partial charge in [0.15, 0.2) is 5.78 Å². The van der Waals surface area contributed by atoms with Gasteiger partial charge in [0.2, 0.25) is 0 Å². The normalized spacial score (nSPS) is 22.4. The van der Waals surface area contributed by atoms with Crippen LogP contribution in [0.4, 0.5) is 0 Å². The molecule has 2 aromatic rings. The number of hydrogen-bond donors (Lipinski definition) is 0. The first kappa shape index (κ1) is 17.0. The van der Waals surface area contributed by atoms with Crippen molar-refractivity contribution in [2.75, 3.05) is 26.3 Å². The molecule has 0 bridgehead atoms. The molecule has 0 saturated carbocycles. The summed E-state index contributed by atoms with van der Waals surface area (Å²) in [5.74, 6) is 0.106. The second kappa shape index (κ2) is 7.04. The molecule has 1 aliphatic carbocycles. The fraction of sp³-hybridized carbons (Fsp3) is 0.250. The van der Waals surface area contributed by atoms with E-state index >= 15 is 0 Å². The molecule has 3 nitrogen and oxygen atoms in total. The Hall–Kier alpha value is -1.46. The maximum absolute atomic E-state index is 13.1. The zero-order chi connectivity index (χ0) is 17.4. The molecule has 1 unspecified atom stereocenters. The van der Waals surface area contributed by atoms with Gasteiger partial charge in [-0.3, -0.25) is 9.69 Å². The van der Waals surface area contributed by atoms with E-state index in [1.807, 2.05) is 42.5 Å². The third kappa shape index (κ3) is 3.32. The molecule has 4 rings (SSSR count). The molecular formula is C20H17BrClNO2. The van der Waals surface area contributed by atoms with Crippen LogP contribution in [0.1, 0.15) is 27.5 Å². The second-order valence-electron chi connectivity index (χ2n) is 6.26. The number of carbonyl (C=O) groups is 1. The van der Waals surface area contributed by atoms with Crippen LogP contribution < -0.4 is 0 Å². The molecule has 5 heteroatoms. The lowest BCUT2D eigenvalue weighted by Gasteiger charge is -2.33. The summed E-state index contributed by atoms with van der Waals surface area (Å²) < 4.78 is 6.49. The molecule has 2 aliphatic rings. The van der Waals surface area contributed by atoms with Gasteiger partial charge in [0.1, 0.15) is 0 Å². The highest BCUT2D eigenvalue weighted by Crippen LogP contribution is 2.42. The van der Waals surface area contributed by atoms with E-state index in [9.17, 15) is 4.79 Å². The summed E-state index contributed by atoms with van der Waals surface area (Å²) in [4.78, 5) is 15.4. The summed E-state index contributed by atoms with van der Waals surface area (Å²) in [7, 11) is 0. The fourth-order valence-electron chi connectivity index (χ4n) is 3.53. The van der Waals surface area contributed by atoms with Crippen molar-refractivity contribution in [2.45, 2.75) is 6.04 Å². The Morgan fingerprint density at radius 3 is 2.56 bits per heavy atom. The van der Waals surface area contributed by atoms with Crippen molar-refractivity contribution in [2.24, 2.45) is 0 Å². The summed E-state index contributed by atoms with van der Waals surface area (Å²) in [6.07, 6.45) is 1.99. The number of Topliss-reactive ketones (excluding diaryl/α,β-unsaturated/α-hetero) is 1. The van der Waals surface area contributed by atoms with E-state index in [-0.39, 0.29) is 11.8 Å². The van der Waals surface area contributed by atoms with Crippen molar-refractivity contribution < 1.29 is 9.53 Å². The maximum Gasteiger partial charge on any atom is 0.191 e. The van der Waals surface area contributed by atoms with Crippen LogP contribution in [-0.2, 0) is 4.74 Å². The minimum absolute atomic E-state index is 0.0282. The monoisotopic (exact) mass is 417 g/mol. The number of ether oxygens (including phenoxy) is 1. The summed E-state index contributed by atoms with van der Waals surface area (Å²) in [5, 5.41) is 0.692. The Morgan fingerprint density at radius 1 is 1.12 bits per heavy atom. The van der Waals surface area contributed by atoms with Gasteiger partial charge in [0.05, 0.1) is 19.3 Å². The summed E-state index contributed by atoms with van der Waals surface area (Å²) in [6, 6.07) is 13.5. The van der Waals surface area contributed by atoms with Crippen molar-refractivity contribution in [3.63, 3.8) is 0 Å². The molecule has 2 aromatic carbocycles. The van der Waals surface area contributed by atoms with Gasteiger partial charge in [0.25, 0.3) is 0 Å². The number of carbonyl (C=O) groups excluding carboxylic acids is 1. The van der Waals surface area contributed by atoms with Crippen LogP contribution in [0.25, 0.3) is 6.08 Å². The van der Waals surface area contributed by atoms with E-state index < -0.39 is 0 Å². The van der Waals surface area contributed by atoms with Crippen LogP contribution in [0.2, 0.25) is 5.02 Å². The number of fused-ring (bicyclic) bond motifs is 1. The summed E-state index contributed by atoms with van der Waals surface area (Å²) in [6.45, 7) is 3.04. The van der Waals surface area contributed by atoms with E-state index in [0.29, 0.717) is 18.2 Å². The molecule has 0 spiro atoms. The highest BCUT2D eigenvalue weighted by Gasteiger charge is 2.38. The number of nitrogens with zero attached hydrogens (tertiary/aromatic N) is 1. The van der Waals surface area contributed by atoms with Gasteiger partial charge < -0.3 is 4.74 Å². The third-order valence-electron chi connectivity index (χ3n) is 4.71. The molecule has 128 valence electrons. The van der Waals surface area contributed by atoms with E-state index in [0.717, 1.165) is 39.8 Å². The standard InChI is InChI=1S/C20H17BrClNO2/c21-14-3-6-16-17(12-14)19(23-7-9-25-10-8-23)18(20(16)24)11-13-1-4-15(22)5-2-13/h1-6,11-12,19H,7-10H2/b18-11+. The third-order valence-corrected chi connectivity index (χ3v) is 5.46. The number of rotatable bonds is 2. The number of benzene rings is 2. The lowest BCUT2D eigenvalue weighted by Crippen LogP contribution is -2.39. The molecule has 1 heterocycles. The van der Waals surface area contributed by atoms with Gasteiger partial charge in [-0.25, -0.2) is 0 Å². The predicted octanol–water partition coefficient (Wildman–Crippen LogP) is 4.76. The number of halogens is 2. The molecule has 25 heavy (non-hydrogen) atoms. The molecular weight excluding hydrogens is 402 g/mol. The molecule has 1 fully saturated rings. The first-order chi connectivity index (χ1) is 12.1. The SMILES string of the molecule is O=C1/C(=C/c2ccc(Cl)cc2)C(N2CCOCC2)c2cc(Br)ccc21. The minimum Gasteiger partial charge on any atom is -0.379 e. The van der Waals surface area contributed by atoms with Gasteiger partial charge >= 0.3 is 0 Å². The van der Waals surface area contributed by atoms with Crippen LogP contribution >= 0.6 is 27.5 Å². The van der Waals surface area contributed by atoms with E-state index in [4.69, 9.17) is 16.3 Å². The summed E-state index contributed by atoms with van der Waals surface area (Å²) in [5.41, 5.74) is 3.66. The first-order valence-corrected chi connectivity index (χ1v) is 9.44. The van der Waals surface area contributed by atoms with Crippen molar-refractivity contribution in [3.05, 3.63) is 74.2 Å². The van der Waals surface area contributed by atoms with Crippen LogP contribution in [0, 0.1) is 0 Å². The van der Waals surface area contributed by atoms with Crippen LogP contribution in [0.3, 0.4) is 0 Å². The van der Waals surface area contributed by atoms with Crippen LogP contribution in [0.15, 0.2) is 52.5 Å². The Bertz CT molecular complexity index is 841. The first-order valence-electron chi connectivity index (χ1n) is 8.26. The summed E-state index contributed by atoms with van der Waals surface area (Å²) >= 11 is 9.53. The van der Waals surface area contributed by atoms with Crippen molar-refractivity contribution >= 4 is 39.4 Å². The maximum atomic E-state index is 13.1. The number of hydrogen-bond acceptors (Lipinski definition) is 3. The molecule has 1 atom stereocenters. The zero-order valence-corrected chi connectivity index (χ0v) is 15.9. The lowest BCUT2D eigenvalue weighted by atomic mass is 10.0. The Balaban J connectivity index is 1.80. The average molecular weight is 419 g/mol. The Morgan fingerprint density at radius 2 is 1.84 bits per heavy atom. The average Bonchev–Trinajstić information content (AvgIpc) is 2.89. The highest BCUT2D eigenvalue weighted by molar-refractivity contribution is 9.10. The van der Waals surface area contributed by atoms with Gasteiger partial charge in [-0.15, -0.1) is 0 Å². The van der Waals surface area contributed by atoms with Gasteiger partial charge in [-0.2, -0.15) is 0 Å².